The first-order chi connectivity index (χ1) is 13.5. The Bertz CT molecular complexity index is 1030. The zero-order valence-corrected chi connectivity index (χ0v) is 17.1. The van der Waals surface area contributed by atoms with Gasteiger partial charge in [-0.1, -0.05) is 42.1 Å². The highest BCUT2D eigenvalue weighted by Gasteiger charge is 2.10. The minimum Gasteiger partial charge on any atom is -0.325 e. The van der Waals surface area contributed by atoms with Crippen molar-refractivity contribution in [3.63, 3.8) is 0 Å². The Morgan fingerprint density at radius 2 is 1.89 bits per heavy atom. The van der Waals surface area contributed by atoms with Gasteiger partial charge in [-0.15, -0.1) is 0 Å². The number of carbonyl (C=O) groups excluding carboxylic acids is 1. The first kappa shape index (κ1) is 19.9. The van der Waals surface area contributed by atoms with Crippen molar-refractivity contribution in [3.05, 3.63) is 65.9 Å². The van der Waals surface area contributed by atoms with Crippen LogP contribution in [0.5, 0.6) is 0 Å². The first-order valence-electron chi connectivity index (χ1n) is 8.55. The highest BCUT2D eigenvalue weighted by Crippen LogP contribution is 2.24. The molecule has 0 aliphatic rings. The fourth-order valence-electron chi connectivity index (χ4n) is 2.57. The molecule has 0 saturated carbocycles. The van der Waals surface area contributed by atoms with E-state index >= 15 is 0 Å². The maximum Gasteiger partial charge on any atom is 0.234 e. The second-order valence-electron chi connectivity index (χ2n) is 6.05. The van der Waals surface area contributed by atoms with Crippen molar-refractivity contribution >= 4 is 35.1 Å². The van der Waals surface area contributed by atoms with Crippen LogP contribution < -0.4 is 5.32 Å². The van der Waals surface area contributed by atoms with Crippen LogP contribution in [0.4, 0.5) is 5.69 Å². The van der Waals surface area contributed by atoms with Gasteiger partial charge >= 0.3 is 0 Å². The maximum atomic E-state index is 12.3. The molecule has 0 saturated heterocycles. The van der Waals surface area contributed by atoms with Gasteiger partial charge in [0.1, 0.15) is 5.40 Å². The molecular weight excluding hydrogens is 388 g/mol. The summed E-state index contributed by atoms with van der Waals surface area (Å²) in [6.45, 7) is 3.82. The number of aromatic nitrogens is 2. The number of amides is 1. The van der Waals surface area contributed by atoms with Gasteiger partial charge in [-0.25, -0.2) is 9.97 Å². The van der Waals surface area contributed by atoms with Gasteiger partial charge in [-0.05, 0) is 55.4 Å². The third-order valence-corrected chi connectivity index (χ3v) is 5.30. The molecule has 2 aromatic carbocycles. The van der Waals surface area contributed by atoms with Gasteiger partial charge in [0.2, 0.25) is 5.91 Å². The van der Waals surface area contributed by atoms with Crippen molar-refractivity contribution in [3.8, 4) is 16.7 Å². The van der Waals surface area contributed by atoms with Crippen LogP contribution in [0.1, 0.15) is 11.3 Å². The lowest BCUT2D eigenvalue weighted by molar-refractivity contribution is -0.113. The Morgan fingerprint density at radius 1 is 1.11 bits per heavy atom. The molecule has 0 atom stereocenters. The molecule has 0 unspecified atom stereocenters. The fraction of sp³-hybridized carbons (Fsp3) is 0.143. The number of carbonyl (C=O) groups is 1. The van der Waals surface area contributed by atoms with Crippen molar-refractivity contribution in [1.29, 1.82) is 5.26 Å². The third-order valence-electron chi connectivity index (χ3n) is 3.87. The molecule has 3 aromatic rings. The molecule has 0 aliphatic carbocycles. The van der Waals surface area contributed by atoms with Gasteiger partial charge in [-0.3, -0.25) is 4.79 Å². The van der Waals surface area contributed by atoms with E-state index in [-0.39, 0.29) is 11.7 Å². The number of nitrogens with one attached hydrogen (secondary N) is 1. The normalized spacial score (nSPS) is 10.3. The fourth-order valence-corrected chi connectivity index (χ4v) is 3.75. The maximum absolute atomic E-state index is 12.3. The number of thiocyanates is 1. The summed E-state index contributed by atoms with van der Waals surface area (Å²) in [5.41, 5.74) is 4.38. The van der Waals surface area contributed by atoms with E-state index in [1.807, 2.05) is 73.8 Å². The number of rotatable bonds is 6. The number of hydrogen-bond donors (Lipinski definition) is 1. The van der Waals surface area contributed by atoms with Crippen LogP contribution >= 0.6 is 23.5 Å². The summed E-state index contributed by atoms with van der Waals surface area (Å²) in [6.07, 6.45) is 0. The average Bonchev–Trinajstić information content (AvgIpc) is 2.69. The summed E-state index contributed by atoms with van der Waals surface area (Å²) >= 11 is 2.40. The Balaban J connectivity index is 1.65. The van der Waals surface area contributed by atoms with Gasteiger partial charge in [0.05, 0.1) is 11.4 Å². The molecule has 0 bridgehead atoms. The molecule has 3 rings (SSSR count). The predicted octanol–water partition coefficient (Wildman–Crippen LogP) is 5.06. The van der Waals surface area contributed by atoms with Crippen molar-refractivity contribution < 1.29 is 4.79 Å². The number of nitrogens with zero attached hydrogens (tertiary/aromatic N) is 3. The van der Waals surface area contributed by atoms with E-state index < -0.39 is 0 Å². The summed E-state index contributed by atoms with van der Waals surface area (Å²) in [5.74, 6) is 0.0892. The smallest absolute Gasteiger partial charge is 0.234 e. The number of thioether (sulfide) groups is 2. The molecule has 0 radical (unpaired) electrons. The molecule has 28 heavy (non-hydrogen) atoms. The Labute approximate surface area is 172 Å². The average molecular weight is 407 g/mol. The van der Waals surface area contributed by atoms with E-state index in [1.165, 1.54) is 11.8 Å². The predicted molar refractivity (Wildman–Crippen MR) is 114 cm³/mol. The van der Waals surface area contributed by atoms with Crippen LogP contribution in [-0.4, -0.2) is 21.6 Å². The summed E-state index contributed by atoms with van der Waals surface area (Å²) in [6, 6.07) is 17.3. The quantitative estimate of drug-likeness (QED) is 0.350. The zero-order chi connectivity index (χ0) is 19.9. The molecule has 0 spiro atoms. The monoisotopic (exact) mass is 406 g/mol. The number of hydrogen-bond acceptors (Lipinski definition) is 6. The largest absolute Gasteiger partial charge is 0.325 e. The lowest BCUT2D eigenvalue weighted by Gasteiger charge is -2.09. The third kappa shape index (κ3) is 5.35. The van der Waals surface area contributed by atoms with Gasteiger partial charge < -0.3 is 5.32 Å². The summed E-state index contributed by atoms with van der Waals surface area (Å²) in [5, 5.41) is 14.3. The summed E-state index contributed by atoms with van der Waals surface area (Å²) < 4.78 is 0. The molecule has 1 aromatic heterocycles. The molecule has 7 heteroatoms. The molecule has 140 valence electrons. The topological polar surface area (TPSA) is 78.7 Å². The molecule has 1 N–H and O–H groups in total. The molecule has 1 amide bonds. The standard InChI is InChI=1S/C21H18N4OS2/c1-14-10-17(28-13-22)8-9-18(14)24-20(26)12-27-21-23-15(2)11-19(25-21)16-6-4-3-5-7-16/h3-11H,12H2,1-2H3,(H,24,26). The summed E-state index contributed by atoms with van der Waals surface area (Å²) in [4.78, 5) is 22.2. The molecule has 0 aliphatic heterocycles. The van der Waals surface area contributed by atoms with Crippen LogP contribution in [-0.2, 0) is 4.79 Å². The molecular formula is C21H18N4OS2. The molecule has 5 nitrogen and oxygen atoms in total. The summed E-state index contributed by atoms with van der Waals surface area (Å²) in [7, 11) is 0. The second kappa shape index (κ2) is 9.40. The van der Waals surface area contributed by atoms with Crippen LogP contribution in [0.2, 0.25) is 0 Å². The van der Waals surface area contributed by atoms with Crippen LogP contribution in [0.3, 0.4) is 0 Å². The van der Waals surface area contributed by atoms with Crippen LogP contribution in [0.25, 0.3) is 11.3 Å². The van der Waals surface area contributed by atoms with Crippen LogP contribution in [0.15, 0.2) is 64.6 Å². The van der Waals surface area contributed by atoms with E-state index in [4.69, 9.17) is 5.26 Å². The number of aryl methyl sites for hydroxylation is 2. The lowest BCUT2D eigenvalue weighted by atomic mass is 10.1. The van der Waals surface area contributed by atoms with Crippen molar-refractivity contribution in [2.24, 2.45) is 0 Å². The lowest BCUT2D eigenvalue weighted by Crippen LogP contribution is -2.15. The van der Waals surface area contributed by atoms with E-state index in [0.29, 0.717) is 5.16 Å². The van der Waals surface area contributed by atoms with Crippen molar-refractivity contribution in [2.45, 2.75) is 23.9 Å². The number of benzene rings is 2. The van der Waals surface area contributed by atoms with E-state index in [0.717, 1.165) is 44.9 Å². The Hall–Kier alpha value is -2.82. The number of nitriles is 1. The minimum atomic E-state index is -0.125. The molecule has 1 heterocycles. The van der Waals surface area contributed by atoms with Gasteiger partial charge in [0.15, 0.2) is 5.16 Å². The van der Waals surface area contributed by atoms with E-state index in [2.05, 4.69) is 15.3 Å². The zero-order valence-electron chi connectivity index (χ0n) is 15.5. The minimum absolute atomic E-state index is 0.125. The van der Waals surface area contributed by atoms with Crippen molar-refractivity contribution in [2.75, 3.05) is 11.1 Å². The van der Waals surface area contributed by atoms with E-state index in [1.54, 1.807) is 0 Å². The highest BCUT2D eigenvalue weighted by atomic mass is 32.2. The van der Waals surface area contributed by atoms with Crippen molar-refractivity contribution in [1.82, 2.24) is 9.97 Å². The molecule has 0 fully saturated rings. The highest BCUT2D eigenvalue weighted by molar-refractivity contribution is 8.03. The van der Waals surface area contributed by atoms with E-state index in [9.17, 15) is 4.79 Å². The second-order valence-corrected chi connectivity index (χ2v) is 7.85. The first-order valence-corrected chi connectivity index (χ1v) is 10.4. The van der Waals surface area contributed by atoms with Crippen LogP contribution in [0, 0.1) is 24.5 Å². The SMILES string of the molecule is Cc1cc(-c2ccccc2)nc(SCC(=O)Nc2ccc(SC#N)cc2C)n1. The Kier molecular flexibility index (Phi) is 6.69. The Morgan fingerprint density at radius 3 is 2.61 bits per heavy atom. The number of anilines is 1. The van der Waals surface area contributed by atoms with Gasteiger partial charge in [-0.2, -0.15) is 5.26 Å². The van der Waals surface area contributed by atoms with Gasteiger partial charge in [0, 0.05) is 21.8 Å². The van der Waals surface area contributed by atoms with Gasteiger partial charge in [0.25, 0.3) is 0 Å².